The molecule has 7 heteroatoms. The molecule has 0 amide bonds. The minimum atomic E-state index is -1.16. The van der Waals surface area contributed by atoms with Gasteiger partial charge in [-0.05, 0) is 111 Å². The molecule has 0 aliphatic heterocycles. The lowest BCUT2D eigenvalue weighted by Crippen LogP contribution is -2.66. The second kappa shape index (κ2) is 10.7. The number of fused-ring (bicyclic) bond motifs is 7. The maximum Gasteiger partial charge on any atom is 0.309 e. The number of Topliss-reactive ketones (excluding diaryl/α,β-unsaturated/α-hetero) is 1. The second-order valence-electron chi connectivity index (χ2n) is 17.8. The van der Waals surface area contributed by atoms with E-state index < -0.39 is 28.9 Å². The molecule has 0 unspecified atom stereocenters. The first-order chi connectivity index (χ1) is 20.2. The van der Waals surface area contributed by atoms with E-state index in [1.165, 1.54) is 5.57 Å². The van der Waals surface area contributed by atoms with Crippen molar-refractivity contribution in [1.29, 1.82) is 0 Å². The van der Waals surface area contributed by atoms with Crippen molar-refractivity contribution in [3.05, 3.63) is 11.1 Å². The van der Waals surface area contributed by atoms with Crippen LogP contribution in [0.5, 0.6) is 0 Å². The monoisotopic (exact) mass is 613 g/mol. The van der Waals surface area contributed by atoms with Gasteiger partial charge in [0.25, 0.3) is 0 Å². The number of carboxylic acids is 1. The van der Waals surface area contributed by atoms with Crippen LogP contribution in [0.1, 0.15) is 127 Å². The van der Waals surface area contributed by atoms with Gasteiger partial charge < -0.3 is 20.7 Å². The molecule has 248 valence electrons. The van der Waals surface area contributed by atoms with Crippen LogP contribution in [0.4, 0.5) is 0 Å². The molecule has 4 N–H and O–H groups in total. The van der Waals surface area contributed by atoms with Gasteiger partial charge in [-0.15, -0.1) is 0 Å². The fourth-order valence-electron chi connectivity index (χ4n) is 12.1. The summed E-state index contributed by atoms with van der Waals surface area (Å²) in [5, 5.41) is 20.9. The van der Waals surface area contributed by atoms with Crippen LogP contribution in [-0.4, -0.2) is 46.7 Å². The smallest absolute Gasteiger partial charge is 0.309 e. The Kier molecular flexibility index (Phi) is 8.14. The lowest BCUT2D eigenvalue weighted by molar-refractivity contribution is -0.235. The summed E-state index contributed by atoms with van der Waals surface area (Å²) in [4.78, 5) is 38.2. The average Bonchev–Trinajstić information content (AvgIpc) is 3.23. The first kappa shape index (κ1) is 33.6. The molecule has 0 radical (unpaired) electrons. The van der Waals surface area contributed by atoms with E-state index >= 15 is 0 Å². The van der Waals surface area contributed by atoms with Gasteiger partial charge in [-0.25, -0.2) is 0 Å². The fourth-order valence-corrected chi connectivity index (χ4v) is 12.1. The zero-order valence-electron chi connectivity index (χ0n) is 28.8. The molecule has 0 aromatic carbocycles. The molecule has 0 bridgehead atoms. The highest BCUT2D eigenvalue weighted by Crippen LogP contribution is 2.77. The Balaban J connectivity index is 1.46. The van der Waals surface area contributed by atoms with E-state index in [1.807, 2.05) is 0 Å². The summed E-state index contributed by atoms with van der Waals surface area (Å²) in [5.74, 6) is 0.0956. The van der Waals surface area contributed by atoms with Crippen molar-refractivity contribution < 1.29 is 29.3 Å². The van der Waals surface area contributed by atoms with Gasteiger partial charge in [0.15, 0.2) is 5.78 Å². The molecular formula is C37H59NO6. The van der Waals surface area contributed by atoms with Crippen molar-refractivity contribution in [2.24, 2.45) is 61.9 Å². The van der Waals surface area contributed by atoms with Gasteiger partial charge >= 0.3 is 11.9 Å². The number of hydrogen-bond donors (Lipinski definition) is 3. The third-order valence-electron chi connectivity index (χ3n) is 14.7. The van der Waals surface area contributed by atoms with Crippen LogP contribution in [0, 0.1) is 56.2 Å². The van der Waals surface area contributed by atoms with Crippen LogP contribution >= 0.6 is 0 Å². The number of ether oxygens (including phenoxy) is 1. The summed E-state index contributed by atoms with van der Waals surface area (Å²) in [6, 6.07) is 0. The van der Waals surface area contributed by atoms with E-state index in [4.69, 9.17) is 10.5 Å². The molecule has 0 saturated heterocycles. The minimum Gasteiger partial charge on any atom is -0.481 e. The molecule has 5 aliphatic rings. The summed E-state index contributed by atoms with van der Waals surface area (Å²) >= 11 is 0. The summed E-state index contributed by atoms with van der Waals surface area (Å²) in [6.45, 7) is 19.7. The first-order valence-corrected chi connectivity index (χ1v) is 17.3. The molecule has 0 aromatic rings. The predicted molar refractivity (Wildman–Crippen MR) is 170 cm³/mol. The SMILES string of the molecule is CC(C)C1=C2[C@H]3CC[C@@H]4[C@@]5(C)CC[C@H](OC(=O)CC(C)(C)C(=O)O)C(C)(C)[C@@H]5CC[C@@]4(C)[C@]3(C)CC[C@@]2([C@H](O)CN)CC1=O. The Morgan fingerprint density at radius 2 is 1.61 bits per heavy atom. The summed E-state index contributed by atoms with van der Waals surface area (Å²) in [6.07, 6.45) is 7.19. The number of ketones is 1. The number of allylic oxidation sites excluding steroid dienone is 1. The maximum absolute atomic E-state index is 13.6. The van der Waals surface area contributed by atoms with E-state index in [0.29, 0.717) is 18.3 Å². The number of aliphatic hydroxyl groups excluding tert-OH is 1. The predicted octanol–water partition coefficient (Wildman–Crippen LogP) is 6.70. The number of carbonyl (C=O) groups excluding carboxylic acids is 2. The number of aliphatic carboxylic acids is 1. The van der Waals surface area contributed by atoms with Crippen molar-refractivity contribution in [1.82, 2.24) is 0 Å². The Morgan fingerprint density at radius 1 is 0.955 bits per heavy atom. The van der Waals surface area contributed by atoms with Gasteiger partial charge in [-0.1, -0.05) is 54.0 Å². The largest absolute Gasteiger partial charge is 0.481 e. The standard InChI is InChI=1S/C37H59NO6/c1-21(2)29-23(39)18-37(26(40)20-38)17-16-35(8)22(30(29)37)10-11-25-34(7)14-13-27(44-28(41)19-32(3,4)31(42)43)33(5,6)24(34)12-15-36(25,35)9/h21-22,24-27,40H,10-20,38H2,1-9H3,(H,42,43)/t22-,24+,25-,26-,27+,34+,35-,36-,37+/m1/s1. The van der Waals surface area contributed by atoms with Gasteiger partial charge in [0, 0.05) is 23.8 Å². The van der Waals surface area contributed by atoms with Gasteiger partial charge in [0.1, 0.15) is 6.10 Å². The molecule has 0 spiro atoms. The first-order valence-electron chi connectivity index (χ1n) is 17.3. The second-order valence-corrected chi connectivity index (χ2v) is 17.8. The number of hydrogen-bond acceptors (Lipinski definition) is 6. The Labute approximate surface area is 265 Å². The normalized spacial score (nSPS) is 42.2. The highest BCUT2D eigenvalue weighted by Gasteiger charge is 2.70. The van der Waals surface area contributed by atoms with Crippen LogP contribution in [0.15, 0.2) is 11.1 Å². The number of rotatable bonds is 7. The number of esters is 1. The van der Waals surface area contributed by atoms with Crippen molar-refractivity contribution in [3.63, 3.8) is 0 Å². The Bertz CT molecular complexity index is 1250. The van der Waals surface area contributed by atoms with Crippen LogP contribution in [-0.2, 0) is 19.1 Å². The highest BCUT2D eigenvalue weighted by molar-refractivity contribution is 6.00. The van der Waals surface area contributed by atoms with Gasteiger partial charge in [0.2, 0.25) is 0 Å². The molecule has 4 saturated carbocycles. The van der Waals surface area contributed by atoms with Crippen LogP contribution in [0.3, 0.4) is 0 Å². The topological polar surface area (TPSA) is 127 Å². The number of nitrogens with two attached hydrogens (primary N) is 1. The van der Waals surface area contributed by atoms with E-state index in [-0.39, 0.29) is 58.3 Å². The van der Waals surface area contributed by atoms with Crippen molar-refractivity contribution >= 4 is 17.7 Å². The molecule has 0 heterocycles. The van der Waals surface area contributed by atoms with Crippen LogP contribution < -0.4 is 5.73 Å². The van der Waals surface area contributed by atoms with Crippen molar-refractivity contribution in [3.8, 4) is 0 Å². The third kappa shape index (κ3) is 4.52. The number of carboxylic acid groups (broad SMARTS) is 1. The highest BCUT2D eigenvalue weighted by atomic mass is 16.5. The zero-order chi connectivity index (χ0) is 32.8. The van der Waals surface area contributed by atoms with Gasteiger partial charge in [0.05, 0.1) is 17.9 Å². The molecule has 0 aromatic heterocycles. The maximum atomic E-state index is 13.6. The summed E-state index contributed by atoms with van der Waals surface area (Å²) in [5.41, 5.74) is 6.62. The molecule has 44 heavy (non-hydrogen) atoms. The third-order valence-corrected chi connectivity index (χ3v) is 14.7. The van der Waals surface area contributed by atoms with E-state index in [2.05, 4.69) is 48.5 Å². The molecule has 5 rings (SSSR count). The number of carbonyl (C=O) groups is 3. The Morgan fingerprint density at radius 3 is 2.20 bits per heavy atom. The molecule has 9 atom stereocenters. The Hall–Kier alpha value is -1.73. The van der Waals surface area contributed by atoms with E-state index in [0.717, 1.165) is 56.9 Å². The van der Waals surface area contributed by atoms with Crippen LogP contribution in [0.25, 0.3) is 0 Å². The summed E-state index contributed by atoms with van der Waals surface area (Å²) in [7, 11) is 0. The fraction of sp³-hybridized carbons (Fsp3) is 0.865. The molecular weight excluding hydrogens is 554 g/mol. The average molecular weight is 614 g/mol. The van der Waals surface area contributed by atoms with Crippen molar-refractivity contribution in [2.75, 3.05) is 6.54 Å². The zero-order valence-corrected chi connectivity index (χ0v) is 28.8. The lowest BCUT2D eigenvalue weighted by Gasteiger charge is -2.72. The minimum absolute atomic E-state index is 0.0116. The van der Waals surface area contributed by atoms with E-state index in [1.54, 1.807) is 13.8 Å². The van der Waals surface area contributed by atoms with E-state index in [9.17, 15) is 24.6 Å². The van der Waals surface area contributed by atoms with Gasteiger partial charge in [-0.2, -0.15) is 0 Å². The number of aliphatic hydroxyl groups is 1. The van der Waals surface area contributed by atoms with Crippen molar-refractivity contribution in [2.45, 2.75) is 139 Å². The van der Waals surface area contributed by atoms with Crippen LogP contribution in [0.2, 0.25) is 0 Å². The molecule has 4 fully saturated rings. The molecule has 5 aliphatic carbocycles. The lowest BCUT2D eigenvalue weighted by atomic mass is 9.33. The quantitative estimate of drug-likeness (QED) is 0.273. The molecule has 7 nitrogen and oxygen atoms in total. The van der Waals surface area contributed by atoms with Gasteiger partial charge in [-0.3, -0.25) is 14.4 Å². The summed E-state index contributed by atoms with van der Waals surface area (Å²) < 4.78 is 6.12.